The first-order chi connectivity index (χ1) is 15.4. The summed E-state index contributed by atoms with van der Waals surface area (Å²) >= 11 is 0. The number of hydrogen-bond donors (Lipinski definition) is 4. The molecule has 1 aliphatic heterocycles. The van der Waals surface area contributed by atoms with E-state index in [1.54, 1.807) is 0 Å². The van der Waals surface area contributed by atoms with Crippen molar-refractivity contribution in [2.24, 2.45) is 22.2 Å². The van der Waals surface area contributed by atoms with Crippen LogP contribution in [0.2, 0.25) is 0 Å². The third-order valence-corrected chi connectivity index (χ3v) is 5.18. The van der Waals surface area contributed by atoms with Gasteiger partial charge in [-0.3, -0.25) is 34.3 Å². The second kappa shape index (κ2) is 10.2. The average molecular weight is 461 g/mol. The lowest BCUT2D eigenvalue weighted by Crippen LogP contribution is -2.51. The SMILES string of the molecule is Cc1cc(N2C(=O)CC2=O)c(C(=O)[C@H](CCCN=C(N)N)NC(=O)[C@H](C)N)c(C)c1[N+](=O)[O-]. The lowest BCUT2D eigenvalue weighted by Gasteiger charge is -2.31. The number of anilines is 1. The lowest BCUT2D eigenvalue weighted by atomic mass is 9.90. The van der Waals surface area contributed by atoms with Crippen LogP contribution in [0.25, 0.3) is 0 Å². The maximum Gasteiger partial charge on any atom is 0.276 e. The van der Waals surface area contributed by atoms with Gasteiger partial charge in [-0.1, -0.05) is 0 Å². The second-order valence-corrected chi connectivity index (χ2v) is 7.78. The molecule has 0 bridgehead atoms. The first-order valence-electron chi connectivity index (χ1n) is 10.2. The van der Waals surface area contributed by atoms with E-state index in [1.807, 2.05) is 0 Å². The predicted octanol–water partition coefficient (Wildman–Crippen LogP) is -0.457. The van der Waals surface area contributed by atoms with Gasteiger partial charge in [-0.25, -0.2) is 4.90 Å². The number of nitrogens with zero attached hydrogens (tertiary/aromatic N) is 3. The summed E-state index contributed by atoms with van der Waals surface area (Å²) in [7, 11) is 0. The van der Waals surface area contributed by atoms with Crippen molar-refractivity contribution in [3.05, 3.63) is 32.9 Å². The molecular weight excluding hydrogens is 434 g/mol. The molecule has 0 unspecified atom stereocenters. The third-order valence-electron chi connectivity index (χ3n) is 5.18. The molecule has 1 aliphatic rings. The third kappa shape index (κ3) is 5.49. The molecule has 1 heterocycles. The van der Waals surface area contributed by atoms with Crippen molar-refractivity contribution in [1.82, 2.24) is 5.32 Å². The summed E-state index contributed by atoms with van der Waals surface area (Å²) in [6, 6.07) is -0.814. The topological polar surface area (TPSA) is 217 Å². The largest absolute Gasteiger partial charge is 0.370 e. The molecule has 1 aromatic carbocycles. The maximum absolute atomic E-state index is 13.6. The van der Waals surface area contributed by atoms with Crippen molar-refractivity contribution < 1.29 is 24.1 Å². The van der Waals surface area contributed by atoms with E-state index in [0.29, 0.717) is 0 Å². The fraction of sp³-hybridized carbons (Fsp3) is 0.450. The molecule has 178 valence electrons. The normalized spacial score (nSPS) is 14.8. The molecule has 0 radical (unpaired) electrons. The van der Waals surface area contributed by atoms with Crippen molar-refractivity contribution in [2.75, 3.05) is 11.4 Å². The van der Waals surface area contributed by atoms with E-state index in [2.05, 4.69) is 10.3 Å². The molecular formula is C20H27N7O6. The molecule has 0 aromatic heterocycles. The van der Waals surface area contributed by atoms with Crippen LogP contribution in [-0.4, -0.2) is 53.0 Å². The van der Waals surface area contributed by atoms with Gasteiger partial charge in [0.1, 0.15) is 6.42 Å². The molecule has 1 saturated heterocycles. The van der Waals surface area contributed by atoms with E-state index in [1.165, 1.54) is 26.8 Å². The molecule has 33 heavy (non-hydrogen) atoms. The summed E-state index contributed by atoms with van der Waals surface area (Å²) in [4.78, 5) is 65.7. The molecule has 1 fully saturated rings. The van der Waals surface area contributed by atoms with Gasteiger partial charge in [-0.15, -0.1) is 0 Å². The van der Waals surface area contributed by atoms with Gasteiger partial charge in [0, 0.05) is 17.7 Å². The van der Waals surface area contributed by atoms with E-state index in [4.69, 9.17) is 17.2 Å². The number of carbonyl (C=O) groups excluding carboxylic acids is 4. The standard InChI is InChI=1S/C20H27N7O6/c1-9-7-13(26-14(28)8-15(26)29)16(10(2)17(9)27(32)33)18(30)12(25-19(31)11(3)21)5-4-6-24-20(22)23/h7,11-12H,4-6,8,21H2,1-3H3,(H,25,31)(H4,22,23,24)/t11-,12-/m0/s1. The minimum atomic E-state index is -1.15. The summed E-state index contributed by atoms with van der Waals surface area (Å²) < 4.78 is 0. The van der Waals surface area contributed by atoms with Crippen molar-refractivity contribution in [2.45, 2.75) is 52.1 Å². The molecule has 2 rings (SSSR count). The first kappa shape index (κ1) is 25.4. The van der Waals surface area contributed by atoms with Gasteiger partial charge in [-0.05, 0) is 39.7 Å². The number of imide groups is 1. The highest BCUT2D eigenvalue weighted by Crippen LogP contribution is 2.37. The smallest absolute Gasteiger partial charge is 0.276 e. The summed E-state index contributed by atoms with van der Waals surface area (Å²) in [5, 5.41) is 14.2. The second-order valence-electron chi connectivity index (χ2n) is 7.78. The highest BCUT2D eigenvalue weighted by molar-refractivity contribution is 6.32. The number of aryl methyl sites for hydroxylation is 1. The highest BCUT2D eigenvalue weighted by Gasteiger charge is 2.41. The van der Waals surface area contributed by atoms with Crippen LogP contribution >= 0.6 is 0 Å². The fourth-order valence-corrected chi connectivity index (χ4v) is 3.57. The number of guanidine groups is 1. The summed E-state index contributed by atoms with van der Waals surface area (Å²) in [5.41, 5.74) is 15.8. The molecule has 0 saturated carbocycles. The molecule has 0 spiro atoms. The Bertz CT molecular complexity index is 1030. The van der Waals surface area contributed by atoms with Crippen LogP contribution in [0.4, 0.5) is 11.4 Å². The fourth-order valence-electron chi connectivity index (χ4n) is 3.57. The van der Waals surface area contributed by atoms with Crippen molar-refractivity contribution >= 4 is 40.8 Å². The van der Waals surface area contributed by atoms with Crippen LogP contribution in [-0.2, 0) is 14.4 Å². The number of β-lactam (4-membered cyclic amide) rings is 2. The van der Waals surface area contributed by atoms with Crippen LogP contribution in [0, 0.1) is 24.0 Å². The Hall–Kier alpha value is -3.87. The number of Topliss-reactive ketones (excluding diaryl/α,β-unsaturated/α-hetero) is 1. The number of nitro benzene ring substituents is 1. The summed E-state index contributed by atoms with van der Waals surface area (Å²) in [5.74, 6) is -2.53. The number of carbonyl (C=O) groups is 4. The van der Waals surface area contributed by atoms with Crippen LogP contribution in [0.15, 0.2) is 11.1 Å². The number of hydrogen-bond acceptors (Lipinski definition) is 8. The molecule has 13 heteroatoms. The molecule has 2 atom stereocenters. The number of rotatable bonds is 10. The molecule has 0 aliphatic carbocycles. The Morgan fingerprint density at radius 3 is 2.36 bits per heavy atom. The number of nitro groups is 1. The van der Waals surface area contributed by atoms with Gasteiger partial charge in [0.2, 0.25) is 17.7 Å². The van der Waals surface area contributed by atoms with E-state index < -0.39 is 40.5 Å². The number of benzene rings is 1. The number of nitrogens with one attached hydrogen (secondary N) is 1. The quantitative estimate of drug-likeness (QED) is 0.0517. The Labute approximate surface area is 189 Å². The van der Waals surface area contributed by atoms with E-state index in [-0.39, 0.29) is 59.8 Å². The van der Waals surface area contributed by atoms with Gasteiger partial charge in [-0.2, -0.15) is 0 Å². The van der Waals surface area contributed by atoms with Crippen molar-refractivity contribution in [1.29, 1.82) is 0 Å². The lowest BCUT2D eigenvalue weighted by molar-refractivity contribution is -0.386. The average Bonchev–Trinajstić information content (AvgIpc) is 2.68. The van der Waals surface area contributed by atoms with Gasteiger partial charge in [0.15, 0.2) is 11.7 Å². The van der Waals surface area contributed by atoms with E-state index in [0.717, 1.165) is 4.90 Å². The van der Waals surface area contributed by atoms with Crippen LogP contribution in [0.1, 0.15) is 47.7 Å². The van der Waals surface area contributed by atoms with Gasteiger partial charge in [0.05, 0.1) is 28.3 Å². The Morgan fingerprint density at radius 1 is 1.27 bits per heavy atom. The first-order valence-corrected chi connectivity index (χ1v) is 10.2. The minimum Gasteiger partial charge on any atom is -0.370 e. The van der Waals surface area contributed by atoms with Crippen molar-refractivity contribution in [3.8, 4) is 0 Å². The molecule has 7 N–H and O–H groups in total. The van der Waals surface area contributed by atoms with E-state index >= 15 is 0 Å². The van der Waals surface area contributed by atoms with Crippen LogP contribution in [0.5, 0.6) is 0 Å². The van der Waals surface area contributed by atoms with Gasteiger partial charge >= 0.3 is 0 Å². The van der Waals surface area contributed by atoms with Gasteiger partial charge in [0.25, 0.3) is 5.69 Å². The van der Waals surface area contributed by atoms with E-state index in [9.17, 15) is 29.3 Å². The monoisotopic (exact) mass is 461 g/mol. The summed E-state index contributed by atoms with van der Waals surface area (Å²) in [6.07, 6.45) is 0.0417. The Morgan fingerprint density at radius 2 is 1.88 bits per heavy atom. The molecule has 13 nitrogen and oxygen atoms in total. The summed E-state index contributed by atoms with van der Waals surface area (Å²) in [6.45, 7) is 4.41. The number of nitrogens with two attached hydrogens (primary N) is 3. The molecule has 1 aromatic rings. The number of aliphatic imine (C=N–C) groups is 1. The van der Waals surface area contributed by atoms with Crippen molar-refractivity contribution in [3.63, 3.8) is 0 Å². The molecule has 3 amide bonds. The number of amides is 3. The maximum atomic E-state index is 13.6. The number of ketones is 1. The Balaban J connectivity index is 2.58. The van der Waals surface area contributed by atoms with Gasteiger partial charge < -0.3 is 22.5 Å². The Kier molecular flexibility index (Phi) is 7.82. The zero-order chi connectivity index (χ0) is 25.0. The van der Waals surface area contributed by atoms with Crippen LogP contribution in [0.3, 0.4) is 0 Å². The zero-order valence-corrected chi connectivity index (χ0v) is 18.6. The minimum absolute atomic E-state index is 0.0169. The zero-order valence-electron chi connectivity index (χ0n) is 18.6. The highest BCUT2D eigenvalue weighted by atomic mass is 16.6. The predicted molar refractivity (Wildman–Crippen MR) is 120 cm³/mol. The van der Waals surface area contributed by atoms with Crippen LogP contribution < -0.4 is 27.4 Å².